The fraction of sp³-hybridized carbons (Fsp3) is 0.471. The van der Waals surface area contributed by atoms with Crippen molar-refractivity contribution in [2.45, 2.75) is 24.6 Å². The van der Waals surface area contributed by atoms with E-state index in [1.807, 2.05) is 0 Å². The van der Waals surface area contributed by atoms with Crippen LogP contribution < -0.4 is 0 Å². The number of aliphatic hydroxyl groups excluding tert-OH is 1. The molecule has 0 aliphatic rings. The molecule has 0 bridgehead atoms. The predicted octanol–water partition coefficient (Wildman–Crippen LogP) is -1.54. The van der Waals surface area contributed by atoms with Crippen LogP contribution in [0.2, 0.25) is 0 Å². The largest absolute Gasteiger partial charge is 0.480 e. The van der Waals surface area contributed by atoms with Gasteiger partial charge in [-0.25, -0.2) is 4.79 Å². The van der Waals surface area contributed by atoms with Crippen molar-refractivity contribution in [1.29, 1.82) is 0 Å². The third kappa shape index (κ3) is 10.4. The number of rotatable bonds is 15. The second-order valence-corrected chi connectivity index (χ2v) is 10.6. The monoisotopic (exact) mass is 528 g/mol. The Balaban J connectivity index is 3.41. The van der Waals surface area contributed by atoms with Gasteiger partial charge in [0, 0.05) is 13.1 Å². The molecule has 0 fully saturated rings. The third-order valence-corrected chi connectivity index (χ3v) is 6.10. The van der Waals surface area contributed by atoms with Crippen molar-refractivity contribution in [2.24, 2.45) is 0 Å². The maximum atomic E-state index is 12.0. The van der Waals surface area contributed by atoms with Crippen molar-refractivity contribution < 1.29 is 63.5 Å². The Morgan fingerprint density at radius 2 is 1.29 bits per heavy atom. The number of aliphatic carboxylic acids is 3. The number of hydrogen-bond donors (Lipinski definition) is 8. The number of benzene rings is 1. The zero-order valence-corrected chi connectivity index (χ0v) is 19.4. The maximum Gasteiger partial charge on any atom is 0.339 e. The van der Waals surface area contributed by atoms with E-state index in [4.69, 9.17) is 5.11 Å². The van der Waals surface area contributed by atoms with Crippen molar-refractivity contribution in [2.75, 3.05) is 25.7 Å². The van der Waals surface area contributed by atoms with Gasteiger partial charge in [-0.1, -0.05) is 30.3 Å². The average Bonchev–Trinajstić information content (AvgIpc) is 2.66. The second kappa shape index (κ2) is 12.5. The lowest BCUT2D eigenvalue weighted by Gasteiger charge is -2.36. The summed E-state index contributed by atoms with van der Waals surface area (Å²) in [5.41, 5.74) is 0.413. The maximum absolute atomic E-state index is 12.0. The Labute approximate surface area is 193 Å². The molecule has 15 nitrogen and oxygen atoms in total. The van der Waals surface area contributed by atoms with Crippen LogP contribution in [0.1, 0.15) is 5.56 Å². The molecule has 3 unspecified atom stereocenters. The molecule has 1 aromatic carbocycles. The molecule has 0 heterocycles. The van der Waals surface area contributed by atoms with Gasteiger partial charge >= 0.3 is 33.1 Å². The summed E-state index contributed by atoms with van der Waals surface area (Å²) in [6.45, 7) is -1.41. The molecule has 17 heteroatoms. The van der Waals surface area contributed by atoms with Crippen molar-refractivity contribution in [3.63, 3.8) is 0 Å². The summed E-state index contributed by atoms with van der Waals surface area (Å²) in [4.78, 5) is 73.2. The first kappa shape index (κ1) is 29.8. The highest BCUT2D eigenvalue weighted by Crippen LogP contribution is 2.40. The van der Waals surface area contributed by atoms with Crippen molar-refractivity contribution in [3.05, 3.63) is 35.9 Å². The normalized spacial score (nSPS) is 15.1. The summed E-state index contributed by atoms with van der Waals surface area (Å²) in [5, 5.41) is 38.5. The number of carboxylic acid groups (broad SMARTS) is 3. The smallest absolute Gasteiger partial charge is 0.339 e. The van der Waals surface area contributed by atoms with Crippen LogP contribution in [0.25, 0.3) is 0 Å². The van der Waals surface area contributed by atoms with Crippen LogP contribution in [-0.2, 0) is 29.9 Å². The van der Waals surface area contributed by atoms with Gasteiger partial charge in [-0.3, -0.25) is 28.5 Å². The van der Waals surface area contributed by atoms with Gasteiger partial charge in [0.1, 0.15) is 24.7 Å². The SMILES string of the molecule is O=C(O)C(O)C(C(=O)O)N(CCN(CP(=O)(O)O)CP(=O)(O)O)C(Cc1ccccc1)C(=O)O. The van der Waals surface area contributed by atoms with E-state index in [9.17, 15) is 58.4 Å². The van der Waals surface area contributed by atoms with Crippen LogP contribution >= 0.6 is 15.2 Å². The average molecular weight is 528 g/mol. The molecular formula is C17H26N2O13P2. The molecule has 0 radical (unpaired) electrons. The topological polar surface area (TPSA) is 254 Å². The second-order valence-electron chi connectivity index (χ2n) is 7.35. The molecule has 0 saturated carbocycles. The van der Waals surface area contributed by atoms with Crippen LogP contribution in [0.5, 0.6) is 0 Å². The van der Waals surface area contributed by atoms with Gasteiger partial charge in [-0.2, -0.15) is 0 Å². The Kier molecular flexibility index (Phi) is 11.0. The predicted molar refractivity (Wildman–Crippen MR) is 114 cm³/mol. The fourth-order valence-corrected chi connectivity index (χ4v) is 4.91. The molecule has 3 atom stereocenters. The first-order chi connectivity index (χ1) is 15.5. The molecule has 192 valence electrons. The van der Waals surface area contributed by atoms with Gasteiger partial charge in [-0.05, 0) is 12.0 Å². The summed E-state index contributed by atoms with van der Waals surface area (Å²) in [6, 6.07) is 3.77. The minimum Gasteiger partial charge on any atom is -0.480 e. The van der Waals surface area contributed by atoms with Gasteiger partial charge < -0.3 is 40.0 Å². The van der Waals surface area contributed by atoms with E-state index in [-0.39, 0.29) is 6.42 Å². The fourth-order valence-electron chi connectivity index (χ4n) is 3.23. The van der Waals surface area contributed by atoms with Crippen LogP contribution in [0.3, 0.4) is 0 Å². The first-order valence-electron chi connectivity index (χ1n) is 9.49. The molecule has 0 saturated heterocycles. The zero-order valence-electron chi connectivity index (χ0n) is 17.6. The minimum absolute atomic E-state index is 0.344. The van der Waals surface area contributed by atoms with E-state index in [1.54, 1.807) is 18.2 Å². The standard InChI is InChI=1S/C17H26N2O13P2/c20-14(17(25)26)13(16(23)24)19(12(15(21)22)8-11-4-2-1-3-5-11)7-6-18(9-33(27,28)29)10-34(30,31)32/h1-5,12-14,20H,6-10H2,(H,21,22)(H,23,24)(H,25,26)(H2,27,28,29)(H2,30,31,32). The Morgan fingerprint density at radius 1 is 0.794 bits per heavy atom. The highest BCUT2D eigenvalue weighted by molar-refractivity contribution is 7.52. The number of nitrogens with zero attached hydrogens (tertiary/aromatic N) is 2. The summed E-state index contributed by atoms with van der Waals surface area (Å²) in [6.07, 6.45) is -5.24. The highest BCUT2D eigenvalue weighted by atomic mass is 31.2. The van der Waals surface area contributed by atoms with Gasteiger partial charge in [-0.15, -0.1) is 0 Å². The number of aliphatic hydroxyl groups is 1. The Bertz CT molecular complexity index is 924. The van der Waals surface area contributed by atoms with Crippen LogP contribution in [0.15, 0.2) is 30.3 Å². The van der Waals surface area contributed by atoms with E-state index in [0.29, 0.717) is 15.4 Å². The first-order valence-corrected chi connectivity index (χ1v) is 13.1. The molecule has 0 aliphatic carbocycles. The van der Waals surface area contributed by atoms with Crippen molar-refractivity contribution >= 4 is 33.1 Å². The van der Waals surface area contributed by atoms with Crippen molar-refractivity contribution in [3.8, 4) is 0 Å². The van der Waals surface area contributed by atoms with Gasteiger partial charge in [0.2, 0.25) is 0 Å². The quantitative estimate of drug-likeness (QED) is 0.120. The van der Waals surface area contributed by atoms with Crippen LogP contribution in [0.4, 0.5) is 0 Å². The van der Waals surface area contributed by atoms with Gasteiger partial charge in [0.25, 0.3) is 0 Å². The van der Waals surface area contributed by atoms with E-state index in [1.165, 1.54) is 12.1 Å². The third-order valence-electron chi connectivity index (χ3n) is 4.56. The lowest BCUT2D eigenvalue weighted by atomic mass is 10.0. The molecule has 0 aromatic heterocycles. The van der Waals surface area contributed by atoms with E-state index >= 15 is 0 Å². The molecule has 0 aliphatic heterocycles. The van der Waals surface area contributed by atoms with E-state index < -0.39 is 76.9 Å². The number of carbonyl (C=O) groups is 3. The molecular weight excluding hydrogens is 502 g/mol. The number of hydrogen-bond acceptors (Lipinski definition) is 8. The molecule has 1 aromatic rings. The molecule has 34 heavy (non-hydrogen) atoms. The number of carboxylic acids is 3. The summed E-state index contributed by atoms with van der Waals surface area (Å²) in [5.74, 6) is -5.46. The van der Waals surface area contributed by atoms with E-state index in [0.717, 1.165) is 0 Å². The Hall–Kier alpha value is -2.19. The molecule has 0 spiro atoms. The molecule has 0 amide bonds. The molecule has 1 rings (SSSR count). The van der Waals surface area contributed by atoms with Crippen molar-refractivity contribution in [1.82, 2.24) is 9.80 Å². The van der Waals surface area contributed by atoms with Crippen LogP contribution in [-0.4, -0.2) is 112 Å². The lowest BCUT2D eigenvalue weighted by molar-refractivity contribution is -0.166. The Morgan fingerprint density at radius 3 is 1.68 bits per heavy atom. The minimum atomic E-state index is -4.85. The van der Waals surface area contributed by atoms with Crippen LogP contribution in [0, 0.1) is 0 Å². The van der Waals surface area contributed by atoms with Gasteiger partial charge in [0.05, 0.1) is 0 Å². The zero-order chi connectivity index (χ0) is 26.3. The van der Waals surface area contributed by atoms with E-state index in [2.05, 4.69) is 0 Å². The summed E-state index contributed by atoms with van der Waals surface area (Å²) >= 11 is 0. The summed E-state index contributed by atoms with van der Waals surface area (Å²) < 4.78 is 22.8. The molecule has 8 N–H and O–H groups in total. The summed E-state index contributed by atoms with van der Waals surface area (Å²) in [7, 11) is -9.71. The highest BCUT2D eigenvalue weighted by Gasteiger charge is 2.43. The lowest BCUT2D eigenvalue weighted by Crippen LogP contribution is -2.59. The van der Waals surface area contributed by atoms with Gasteiger partial charge in [0.15, 0.2) is 6.10 Å².